The third-order valence-corrected chi connectivity index (χ3v) is 2.65. The summed E-state index contributed by atoms with van der Waals surface area (Å²) in [7, 11) is 0. The molecule has 1 aliphatic rings. The Labute approximate surface area is 117 Å². The molecule has 6 heteroatoms. The van der Waals surface area contributed by atoms with E-state index in [4.69, 9.17) is 0 Å². The van der Waals surface area contributed by atoms with E-state index in [1.807, 2.05) is 0 Å². The zero-order chi connectivity index (χ0) is 8.32. The van der Waals surface area contributed by atoms with E-state index < -0.39 is 6.98 Å². The van der Waals surface area contributed by atoms with Gasteiger partial charge in [0.1, 0.15) is 0 Å². The van der Waals surface area contributed by atoms with Gasteiger partial charge in [0.25, 0.3) is 0 Å². The first-order chi connectivity index (χ1) is 5.08. The first-order valence-electron chi connectivity index (χ1n) is 3.56. The van der Waals surface area contributed by atoms with Crippen molar-refractivity contribution in [2.24, 2.45) is 0 Å². The van der Waals surface area contributed by atoms with Crippen LogP contribution in [0, 0.1) is 0 Å². The van der Waals surface area contributed by atoms with Crippen molar-refractivity contribution in [1.29, 1.82) is 0 Å². The van der Waals surface area contributed by atoms with Gasteiger partial charge in [-0.2, -0.15) is 11.8 Å². The van der Waals surface area contributed by atoms with E-state index in [-0.39, 0.29) is 51.4 Å². The van der Waals surface area contributed by atoms with Crippen LogP contribution in [0.1, 0.15) is 12.8 Å². The van der Waals surface area contributed by atoms with Crippen molar-refractivity contribution in [2.75, 3.05) is 11.5 Å². The molecule has 0 bridgehead atoms. The predicted octanol–water partition coefficient (Wildman–Crippen LogP) is -0.170. The van der Waals surface area contributed by atoms with Gasteiger partial charge < -0.3 is 12.9 Å². The largest absolute Gasteiger partial charge is 1.00 e. The predicted molar refractivity (Wildman–Crippen MR) is 43.7 cm³/mol. The Kier molecular flexibility index (Phi) is 6.95. The van der Waals surface area contributed by atoms with E-state index in [1.165, 1.54) is 0 Å². The van der Waals surface area contributed by atoms with Gasteiger partial charge in [-0.1, -0.05) is 5.57 Å². The van der Waals surface area contributed by atoms with E-state index in [0.717, 1.165) is 12.2 Å². The molecule has 0 unspecified atom stereocenters. The summed E-state index contributed by atoms with van der Waals surface area (Å²) in [4.78, 5) is 0. The third-order valence-electron chi connectivity index (χ3n) is 1.50. The Morgan fingerprint density at radius 2 is 2.00 bits per heavy atom. The van der Waals surface area contributed by atoms with Crippen LogP contribution in [0.15, 0.2) is 11.5 Å². The van der Waals surface area contributed by atoms with Gasteiger partial charge in [0.15, 0.2) is 0 Å². The van der Waals surface area contributed by atoms with Crippen LogP contribution in [0.2, 0.25) is 0 Å². The molecule has 12 heavy (non-hydrogen) atoms. The molecular formula is C6H9BF3KS. The number of halogens is 3. The minimum atomic E-state index is -4.70. The summed E-state index contributed by atoms with van der Waals surface area (Å²) in [5.41, 5.74) is 0.564. The molecule has 0 radical (unpaired) electrons. The van der Waals surface area contributed by atoms with Crippen molar-refractivity contribution in [3.63, 3.8) is 0 Å². The maximum absolute atomic E-state index is 11.8. The summed E-state index contributed by atoms with van der Waals surface area (Å²) in [6, 6.07) is 0. The first kappa shape index (κ1) is 13.6. The van der Waals surface area contributed by atoms with Gasteiger partial charge in [0, 0.05) is 5.75 Å². The van der Waals surface area contributed by atoms with Gasteiger partial charge in [0.2, 0.25) is 0 Å². The van der Waals surface area contributed by atoms with Crippen LogP contribution in [0.3, 0.4) is 0 Å². The van der Waals surface area contributed by atoms with Crippen LogP contribution in [0.5, 0.6) is 0 Å². The molecule has 0 aromatic carbocycles. The van der Waals surface area contributed by atoms with Crippen LogP contribution < -0.4 is 51.4 Å². The topological polar surface area (TPSA) is 0 Å². The van der Waals surface area contributed by atoms with E-state index in [1.54, 1.807) is 11.8 Å². The zero-order valence-corrected chi connectivity index (χ0v) is 11.0. The molecular weight excluding hydrogens is 211 g/mol. The molecule has 0 aromatic heterocycles. The fourth-order valence-electron chi connectivity index (χ4n) is 1.08. The van der Waals surface area contributed by atoms with Gasteiger partial charge in [0.05, 0.1) is 0 Å². The monoisotopic (exact) mass is 220 g/mol. The molecule has 1 saturated heterocycles. The maximum atomic E-state index is 11.8. The van der Waals surface area contributed by atoms with Crippen molar-refractivity contribution in [3.05, 3.63) is 11.5 Å². The average Bonchev–Trinajstić information content (AvgIpc) is 1.85. The number of thioether (sulfide) groups is 1. The minimum absolute atomic E-state index is 0. The van der Waals surface area contributed by atoms with Crippen LogP contribution in [-0.4, -0.2) is 18.5 Å². The molecule has 0 nitrogen and oxygen atoms in total. The summed E-state index contributed by atoms with van der Waals surface area (Å²) >= 11 is 1.59. The molecule has 0 atom stereocenters. The molecule has 0 N–H and O–H groups in total. The molecule has 1 rings (SSSR count). The van der Waals surface area contributed by atoms with Crippen LogP contribution >= 0.6 is 11.8 Å². The summed E-state index contributed by atoms with van der Waals surface area (Å²) in [6.45, 7) is -4.70. The third kappa shape index (κ3) is 6.10. The second-order valence-corrected chi connectivity index (χ2v) is 3.71. The summed E-state index contributed by atoms with van der Waals surface area (Å²) in [5, 5.41) is 0. The standard InChI is InChI=1S/C6H9BF3S.K/c8-7(9,10)4-6-2-1-3-11-5-6;/h4H,1-3,5H2;/q-1;+1/b6-4-;. The second-order valence-electron chi connectivity index (χ2n) is 2.61. The van der Waals surface area contributed by atoms with Crippen molar-refractivity contribution >= 4 is 18.7 Å². The maximum Gasteiger partial charge on any atom is 1.00 e. The van der Waals surface area contributed by atoms with E-state index in [2.05, 4.69) is 0 Å². The van der Waals surface area contributed by atoms with Crippen molar-refractivity contribution in [1.82, 2.24) is 0 Å². The molecule has 1 aliphatic heterocycles. The fourth-order valence-corrected chi connectivity index (χ4v) is 2.07. The fraction of sp³-hybridized carbons (Fsp3) is 0.667. The minimum Gasteiger partial charge on any atom is -0.445 e. The summed E-state index contributed by atoms with van der Waals surface area (Å²) < 4.78 is 35.5. The number of hydrogen-bond donors (Lipinski definition) is 0. The molecule has 0 spiro atoms. The van der Waals surface area contributed by atoms with E-state index >= 15 is 0 Å². The van der Waals surface area contributed by atoms with Gasteiger partial charge >= 0.3 is 58.4 Å². The summed E-state index contributed by atoms with van der Waals surface area (Å²) in [6.07, 6.45) is 1.52. The Morgan fingerprint density at radius 3 is 2.42 bits per heavy atom. The van der Waals surface area contributed by atoms with Crippen LogP contribution in [0.25, 0.3) is 0 Å². The van der Waals surface area contributed by atoms with Crippen molar-refractivity contribution in [2.45, 2.75) is 12.8 Å². The normalized spacial score (nSPS) is 22.1. The molecule has 64 valence electrons. The van der Waals surface area contributed by atoms with E-state index in [9.17, 15) is 12.9 Å². The summed E-state index contributed by atoms with van der Waals surface area (Å²) in [5.74, 6) is 2.08. The molecule has 1 heterocycles. The van der Waals surface area contributed by atoms with Crippen molar-refractivity contribution < 1.29 is 64.3 Å². The van der Waals surface area contributed by atoms with Crippen LogP contribution in [-0.2, 0) is 0 Å². The van der Waals surface area contributed by atoms with Crippen LogP contribution in [0.4, 0.5) is 12.9 Å². The Bertz CT molecular complexity index is 161. The Balaban J connectivity index is 0.00000121. The van der Waals surface area contributed by atoms with Gasteiger partial charge in [-0.15, -0.1) is 5.98 Å². The average molecular weight is 220 g/mol. The zero-order valence-electron chi connectivity index (χ0n) is 7.03. The van der Waals surface area contributed by atoms with Crippen molar-refractivity contribution in [3.8, 4) is 0 Å². The second kappa shape index (κ2) is 6.14. The Hall–Kier alpha value is 1.58. The van der Waals surface area contributed by atoms with Gasteiger partial charge in [-0.05, 0) is 18.6 Å². The smallest absolute Gasteiger partial charge is 0.445 e. The molecule has 0 aromatic rings. The quantitative estimate of drug-likeness (QED) is 0.553. The SMILES string of the molecule is F[B-](F)(F)/C=C1/CCCSC1.[K+]. The number of hydrogen-bond acceptors (Lipinski definition) is 1. The first-order valence-corrected chi connectivity index (χ1v) is 4.72. The van der Waals surface area contributed by atoms with E-state index in [0.29, 0.717) is 23.7 Å². The molecule has 1 fully saturated rings. The molecule has 0 aliphatic carbocycles. The van der Waals surface area contributed by atoms with Gasteiger partial charge in [-0.3, -0.25) is 0 Å². The molecule has 0 amide bonds. The van der Waals surface area contributed by atoms with Gasteiger partial charge in [-0.25, -0.2) is 0 Å². The molecule has 0 saturated carbocycles. The number of rotatable bonds is 1. The Morgan fingerprint density at radius 1 is 1.33 bits per heavy atom.